The standard InChI is InChI=1S/C12H9F2NO3/c1-6(12(16)17)18-9-4-5-15-11-8(14)3-2-7(13)10(9)11/h2-6H,1H3,(H,16,17)/t6-/m1/s1. The van der Waals surface area contributed by atoms with Gasteiger partial charge in [0.1, 0.15) is 22.9 Å². The van der Waals surface area contributed by atoms with Crippen molar-refractivity contribution in [2.45, 2.75) is 13.0 Å². The van der Waals surface area contributed by atoms with E-state index in [1.165, 1.54) is 19.2 Å². The molecule has 1 aromatic carbocycles. The molecule has 0 saturated heterocycles. The summed E-state index contributed by atoms with van der Waals surface area (Å²) in [6, 6.07) is 3.19. The van der Waals surface area contributed by atoms with Crippen molar-refractivity contribution in [2.24, 2.45) is 0 Å². The molecule has 0 amide bonds. The molecule has 2 rings (SSSR count). The van der Waals surface area contributed by atoms with E-state index in [9.17, 15) is 13.6 Å². The molecule has 4 nitrogen and oxygen atoms in total. The normalized spacial score (nSPS) is 12.4. The monoisotopic (exact) mass is 253 g/mol. The van der Waals surface area contributed by atoms with Gasteiger partial charge in [0.05, 0.1) is 5.39 Å². The second-order valence-corrected chi connectivity index (χ2v) is 3.66. The van der Waals surface area contributed by atoms with Crippen LogP contribution in [0.2, 0.25) is 0 Å². The number of aromatic nitrogens is 1. The van der Waals surface area contributed by atoms with E-state index < -0.39 is 23.7 Å². The highest BCUT2D eigenvalue weighted by Gasteiger charge is 2.17. The fourth-order valence-electron chi connectivity index (χ4n) is 1.50. The zero-order valence-electron chi connectivity index (χ0n) is 9.35. The van der Waals surface area contributed by atoms with Crippen LogP contribution >= 0.6 is 0 Å². The van der Waals surface area contributed by atoms with Crippen LogP contribution in [0.1, 0.15) is 6.92 Å². The van der Waals surface area contributed by atoms with E-state index in [0.717, 1.165) is 12.1 Å². The van der Waals surface area contributed by atoms with Gasteiger partial charge >= 0.3 is 5.97 Å². The van der Waals surface area contributed by atoms with Crippen molar-refractivity contribution in [1.82, 2.24) is 4.98 Å². The molecule has 0 bridgehead atoms. The summed E-state index contributed by atoms with van der Waals surface area (Å²) in [7, 11) is 0. The predicted molar refractivity (Wildman–Crippen MR) is 59.4 cm³/mol. The number of aliphatic carboxylic acids is 1. The Hall–Kier alpha value is -2.24. The number of nitrogens with zero attached hydrogens (tertiary/aromatic N) is 1. The minimum atomic E-state index is -1.20. The van der Waals surface area contributed by atoms with Gasteiger partial charge in [-0.2, -0.15) is 0 Å². The number of halogens is 2. The van der Waals surface area contributed by atoms with Crippen LogP contribution in [0.3, 0.4) is 0 Å². The highest BCUT2D eigenvalue weighted by atomic mass is 19.1. The van der Waals surface area contributed by atoms with Crippen LogP contribution in [0.5, 0.6) is 5.75 Å². The minimum absolute atomic E-state index is 0.0492. The van der Waals surface area contributed by atoms with Crippen molar-refractivity contribution < 1.29 is 23.4 Å². The van der Waals surface area contributed by atoms with Crippen LogP contribution in [0.4, 0.5) is 8.78 Å². The summed E-state index contributed by atoms with van der Waals surface area (Å²) in [6.07, 6.45) is 0.0626. The third-order valence-corrected chi connectivity index (χ3v) is 2.41. The molecule has 1 N–H and O–H groups in total. The molecule has 1 heterocycles. The molecule has 0 saturated carbocycles. The molecule has 0 spiro atoms. The number of carboxylic acids is 1. The van der Waals surface area contributed by atoms with Crippen LogP contribution in [0.15, 0.2) is 24.4 Å². The van der Waals surface area contributed by atoms with Gasteiger partial charge in [-0.15, -0.1) is 0 Å². The van der Waals surface area contributed by atoms with E-state index in [1.54, 1.807) is 0 Å². The number of hydrogen-bond donors (Lipinski definition) is 1. The van der Waals surface area contributed by atoms with Gasteiger partial charge in [0.15, 0.2) is 6.10 Å². The lowest BCUT2D eigenvalue weighted by Gasteiger charge is -2.12. The molecule has 0 radical (unpaired) electrons. The number of carboxylic acid groups (broad SMARTS) is 1. The van der Waals surface area contributed by atoms with E-state index in [-0.39, 0.29) is 16.7 Å². The first-order valence-corrected chi connectivity index (χ1v) is 5.13. The molecule has 18 heavy (non-hydrogen) atoms. The summed E-state index contributed by atoms with van der Waals surface area (Å²) in [5, 5.41) is 8.57. The average molecular weight is 253 g/mol. The first-order chi connectivity index (χ1) is 8.50. The first-order valence-electron chi connectivity index (χ1n) is 5.13. The summed E-state index contributed by atoms with van der Waals surface area (Å²) in [6.45, 7) is 1.30. The van der Waals surface area contributed by atoms with Crippen molar-refractivity contribution in [3.63, 3.8) is 0 Å². The number of carbonyl (C=O) groups is 1. The van der Waals surface area contributed by atoms with Gasteiger partial charge in [0, 0.05) is 6.20 Å². The maximum Gasteiger partial charge on any atom is 0.344 e. The maximum absolute atomic E-state index is 13.6. The summed E-state index contributed by atoms with van der Waals surface area (Å²) >= 11 is 0. The van der Waals surface area contributed by atoms with Crippen molar-refractivity contribution in [3.05, 3.63) is 36.0 Å². The Morgan fingerprint density at radius 3 is 2.67 bits per heavy atom. The molecular weight excluding hydrogens is 244 g/mol. The van der Waals surface area contributed by atoms with E-state index >= 15 is 0 Å². The summed E-state index contributed by atoms with van der Waals surface area (Å²) in [5.41, 5.74) is -0.190. The second-order valence-electron chi connectivity index (χ2n) is 3.66. The van der Waals surface area contributed by atoms with Crippen LogP contribution in [0, 0.1) is 11.6 Å². The smallest absolute Gasteiger partial charge is 0.344 e. The van der Waals surface area contributed by atoms with Gasteiger partial charge in [-0.3, -0.25) is 4.98 Å². The van der Waals surface area contributed by atoms with Gasteiger partial charge in [0.2, 0.25) is 0 Å². The third kappa shape index (κ3) is 2.09. The Balaban J connectivity index is 2.58. The van der Waals surface area contributed by atoms with Crippen molar-refractivity contribution >= 4 is 16.9 Å². The zero-order valence-corrected chi connectivity index (χ0v) is 9.35. The topological polar surface area (TPSA) is 59.4 Å². The summed E-state index contributed by atoms with van der Waals surface area (Å²) < 4.78 is 32.2. The summed E-state index contributed by atoms with van der Waals surface area (Å²) in [4.78, 5) is 14.4. The lowest BCUT2D eigenvalue weighted by atomic mass is 10.2. The van der Waals surface area contributed by atoms with Crippen molar-refractivity contribution in [1.29, 1.82) is 0 Å². The Morgan fingerprint density at radius 1 is 1.33 bits per heavy atom. The lowest BCUT2D eigenvalue weighted by Crippen LogP contribution is -2.23. The number of hydrogen-bond acceptors (Lipinski definition) is 3. The van der Waals surface area contributed by atoms with Gasteiger partial charge < -0.3 is 9.84 Å². The maximum atomic E-state index is 13.6. The average Bonchev–Trinajstić information content (AvgIpc) is 2.34. The molecule has 0 unspecified atom stereocenters. The molecule has 0 aliphatic rings. The number of benzene rings is 1. The van der Waals surface area contributed by atoms with E-state index in [2.05, 4.69) is 4.98 Å². The number of fused-ring (bicyclic) bond motifs is 1. The molecule has 6 heteroatoms. The minimum Gasteiger partial charge on any atom is -0.479 e. The van der Waals surface area contributed by atoms with Crippen LogP contribution < -0.4 is 4.74 Å². The van der Waals surface area contributed by atoms with Gasteiger partial charge in [-0.1, -0.05) is 0 Å². The zero-order chi connectivity index (χ0) is 13.3. The molecule has 0 fully saturated rings. The fourth-order valence-corrected chi connectivity index (χ4v) is 1.50. The SMILES string of the molecule is C[C@@H](Oc1ccnc2c(F)ccc(F)c12)C(=O)O. The van der Waals surface area contributed by atoms with E-state index in [0.29, 0.717) is 0 Å². The second kappa shape index (κ2) is 4.56. The summed E-state index contributed by atoms with van der Waals surface area (Å²) in [5.74, 6) is -2.66. The Morgan fingerprint density at radius 2 is 2.00 bits per heavy atom. The number of rotatable bonds is 3. The van der Waals surface area contributed by atoms with Crippen LogP contribution in [-0.2, 0) is 4.79 Å². The largest absolute Gasteiger partial charge is 0.479 e. The van der Waals surface area contributed by atoms with Gasteiger partial charge in [0.25, 0.3) is 0 Å². The molecule has 94 valence electrons. The lowest BCUT2D eigenvalue weighted by molar-refractivity contribution is -0.144. The fraction of sp³-hybridized carbons (Fsp3) is 0.167. The highest BCUT2D eigenvalue weighted by Crippen LogP contribution is 2.28. The van der Waals surface area contributed by atoms with E-state index in [4.69, 9.17) is 9.84 Å². The highest BCUT2D eigenvalue weighted by molar-refractivity contribution is 5.86. The molecule has 0 aliphatic carbocycles. The molecule has 1 aromatic heterocycles. The molecule has 0 aliphatic heterocycles. The van der Waals surface area contributed by atoms with Crippen molar-refractivity contribution in [2.75, 3.05) is 0 Å². The Kier molecular flexibility index (Phi) is 3.10. The Labute approximate surface area is 101 Å². The van der Waals surface area contributed by atoms with Crippen LogP contribution in [-0.4, -0.2) is 22.2 Å². The quantitative estimate of drug-likeness (QED) is 0.912. The van der Waals surface area contributed by atoms with Gasteiger partial charge in [-0.25, -0.2) is 13.6 Å². The number of ether oxygens (including phenoxy) is 1. The number of pyridine rings is 1. The first kappa shape index (κ1) is 12.2. The van der Waals surface area contributed by atoms with Crippen LogP contribution in [0.25, 0.3) is 10.9 Å². The van der Waals surface area contributed by atoms with Gasteiger partial charge in [-0.05, 0) is 25.1 Å². The van der Waals surface area contributed by atoms with Crippen molar-refractivity contribution in [3.8, 4) is 5.75 Å². The molecule has 2 aromatic rings. The van der Waals surface area contributed by atoms with E-state index in [1.807, 2.05) is 0 Å². The Bertz CT molecular complexity index is 616. The molecular formula is C12H9F2NO3. The third-order valence-electron chi connectivity index (χ3n) is 2.41. The molecule has 1 atom stereocenters. The predicted octanol–water partition coefficient (Wildman–Crippen LogP) is 2.36.